The average Bonchev–Trinajstić information content (AvgIpc) is 3.15. The van der Waals surface area contributed by atoms with Gasteiger partial charge in [0.15, 0.2) is 5.58 Å². The van der Waals surface area contributed by atoms with Gasteiger partial charge in [-0.1, -0.05) is 42.8 Å². The number of para-hydroxylation sites is 2. The Kier molecular flexibility index (Phi) is 5.83. The fourth-order valence-corrected chi connectivity index (χ4v) is 3.49. The van der Waals surface area contributed by atoms with E-state index in [1.54, 1.807) is 6.08 Å². The molecule has 5 heteroatoms. The molecule has 1 amide bonds. The molecule has 1 saturated heterocycles. The van der Waals surface area contributed by atoms with E-state index in [0.29, 0.717) is 18.0 Å². The highest BCUT2D eigenvalue weighted by Crippen LogP contribution is 2.16. The van der Waals surface area contributed by atoms with Crippen molar-refractivity contribution < 1.29 is 9.21 Å². The maximum Gasteiger partial charge on any atom is 0.244 e. The van der Waals surface area contributed by atoms with Gasteiger partial charge in [0.05, 0.1) is 0 Å². The Morgan fingerprint density at radius 2 is 1.79 bits per heavy atom. The molecule has 4 rings (SSSR count). The number of hydrogen-bond donors (Lipinski definition) is 1. The minimum absolute atomic E-state index is 0.167. The van der Waals surface area contributed by atoms with E-state index in [4.69, 9.17) is 4.42 Å². The van der Waals surface area contributed by atoms with Crippen LogP contribution >= 0.6 is 0 Å². The highest BCUT2D eigenvalue weighted by atomic mass is 16.3. The summed E-state index contributed by atoms with van der Waals surface area (Å²) in [6.07, 6.45) is 7.02. The summed E-state index contributed by atoms with van der Waals surface area (Å²) >= 11 is 0. The van der Waals surface area contributed by atoms with Gasteiger partial charge in [0, 0.05) is 25.2 Å². The fourth-order valence-electron chi connectivity index (χ4n) is 3.49. The first-order valence-corrected chi connectivity index (χ1v) is 9.88. The van der Waals surface area contributed by atoms with Crippen molar-refractivity contribution >= 4 is 23.1 Å². The van der Waals surface area contributed by atoms with Crippen molar-refractivity contribution in [3.05, 3.63) is 71.6 Å². The van der Waals surface area contributed by atoms with Crippen molar-refractivity contribution in [2.24, 2.45) is 0 Å². The molecular weight excluding hydrogens is 350 g/mol. The largest absolute Gasteiger partial charge is 0.437 e. The van der Waals surface area contributed by atoms with Gasteiger partial charge in [0.2, 0.25) is 11.8 Å². The summed E-state index contributed by atoms with van der Waals surface area (Å²) < 4.78 is 5.57. The summed E-state index contributed by atoms with van der Waals surface area (Å²) in [7, 11) is 0. The average molecular weight is 375 g/mol. The summed E-state index contributed by atoms with van der Waals surface area (Å²) in [5, 5.41) is 2.90. The summed E-state index contributed by atoms with van der Waals surface area (Å²) in [4.78, 5) is 18.9. The fraction of sp³-hybridized carbons (Fsp3) is 0.304. The molecule has 1 aliphatic heterocycles. The van der Waals surface area contributed by atoms with Gasteiger partial charge in [-0.05, 0) is 49.2 Å². The van der Waals surface area contributed by atoms with Crippen LogP contribution < -0.4 is 5.32 Å². The monoisotopic (exact) mass is 375 g/mol. The number of likely N-dealkylation sites (tertiary alicyclic amines) is 1. The molecule has 28 heavy (non-hydrogen) atoms. The standard InChI is InChI=1S/C23H25N3O2/c27-22(12-13-23-25-20-6-2-3-7-21(20)28-23)24-16-18-8-10-19(11-9-18)17-26-14-4-1-5-15-26/h2-3,6-13H,1,4-5,14-17H2,(H,24,27)/b13-12+. The van der Waals surface area contributed by atoms with E-state index in [1.807, 2.05) is 24.3 Å². The number of nitrogens with one attached hydrogen (secondary N) is 1. The first-order valence-electron chi connectivity index (χ1n) is 9.88. The number of nitrogens with zero attached hydrogens (tertiary/aromatic N) is 2. The van der Waals surface area contributed by atoms with Crippen LogP contribution in [0.5, 0.6) is 0 Å². The molecule has 1 fully saturated rings. The topological polar surface area (TPSA) is 58.4 Å². The SMILES string of the molecule is O=C(/C=C/c1nc2ccccc2o1)NCc1ccc(CN2CCCCC2)cc1. The Labute approximate surface area is 165 Å². The molecule has 0 spiro atoms. The molecule has 2 heterocycles. The number of fused-ring (bicyclic) bond motifs is 1. The lowest BCUT2D eigenvalue weighted by Gasteiger charge is -2.26. The molecule has 2 aromatic carbocycles. The molecule has 1 aromatic heterocycles. The number of oxazole rings is 1. The molecule has 5 nitrogen and oxygen atoms in total. The minimum Gasteiger partial charge on any atom is -0.437 e. The number of aromatic nitrogens is 1. The van der Waals surface area contributed by atoms with Gasteiger partial charge in [-0.25, -0.2) is 4.98 Å². The Morgan fingerprint density at radius 3 is 2.57 bits per heavy atom. The van der Waals surface area contributed by atoms with Gasteiger partial charge in [-0.15, -0.1) is 0 Å². The molecule has 0 unspecified atom stereocenters. The predicted molar refractivity (Wildman–Crippen MR) is 110 cm³/mol. The summed E-state index contributed by atoms with van der Waals surface area (Å²) in [5.41, 5.74) is 3.92. The lowest BCUT2D eigenvalue weighted by molar-refractivity contribution is -0.116. The first kappa shape index (κ1) is 18.4. The highest BCUT2D eigenvalue weighted by molar-refractivity contribution is 5.91. The minimum atomic E-state index is -0.167. The second-order valence-corrected chi connectivity index (χ2v) is 7.22. The number of hydrogen-bond acceptors (Lipinski definition) is 4. The van der Waals surface area contributed by atoms with E-state index in [2.05, 4.69) is 39.5 Å². The zero-order valence-electron chi connectivity index (χ0n) is 15.9. The number of carbonyl (C=O) groups is 1. The molecule has 0 saturated carbocycles. The van der Waals surface area contributed by atoms with Crippen LogP contribution in [-0.4, -0.2) is 28.9 Å². The van der Waals surface area contributed by atoms with Crippen molar-refractivity contribution in [2.75, 3.05) is 13.1 Å². The second kappa shape index (κ2) is 8.85. The molecule has 0 radical (unpaired) electrons. The van der Waals surface area contributed by atoms with E-state index >= 15 is 0 Å². The Morgan fingerprint density at radius 1 is 1.04 bits per heavy atom. The van der Waals surface area contributed by atoms with Crippen LogP contribution in [0.1, 0.15) is 36.3 Å². The lowest BCUT2D eigenvalue weighted by atomic mass is 10.1. The maximum absolute atomic E-state index is 12.1. The van der Waals surface area contributed by atoms with Gasteiger partial charge in [-0.3, -0.25) is 9.69 Å². The van der Waals surface area contributed by atoms with Crippen LogP contribution in [0.25, 0.3) is 17.2 Å². The third-order valence-corrected chi connectivity index (χ3v) is 5.03. The van der Waals surface area contributed by atoms with Gasteiger partial charge >= 0.3 is 0 Å². The number of piperidine rings is 1. The highest BCUT2D eigenvalue weighted by Gasteiger charge is 2.10. The molecular formula is C23H25N3O2. The normalized spacial score (nSPS) is 15.3. The number of benzene rings is 2. The quantitative estimate of drug-likeness (QED) is 0.658. The second-order valence-electron chi connectivity index (χ2n) is 7.22. The molecule has 144 valence electrons. The van der Waals surface area contributed by atoms with Crippen LogP contribution in [-0.2, 0) is 17.9 Å². The van der Waals surface area contributed by atoms with Crippen molar-refractivity contribution in [3.63, 3.8) is 0 Å². The van der Waals surface area contributed by atoms with Gasteiger partial charge in [-0.2, -0.15) is 0 Å². The van der Waals surface area contributed by atoms with Gasteiger partial charge in [0.25, 0.3) is 0 Å². The van der Waals surface area contributed by atoms with Gasteiger partial charge in [0.1, 0.15) is 5.52 Å². The van der Waals surface area contributed by atoms with Crippen LogP contribution in [0, 0.1) is 0 Å². The summed E-state index contributed by atoms with van der Waals surface area (Å²) in [6, 6.07) is 16.0. The number of rotatable bonds is 6. The van der Waals surface area contributed by atoms with Crippen LogP contribution in [0.4, 0.5) is 0 Å². The van der Waals surface area contributed by atoms with E-state index in [-0.39, 0.29) is 5.91 Å². The van der Waals surface area contributed by atoms with Crippen LogP contribution in [0.3, 0.4) is 0 Å². The van der Waals surface area contributed by atoms with E-state index in [0.717, 1.165) is 17.6 Å². The summed E-state index contributed by atoms with van der Waals surface area (Å²) in [5.74, 6) is 0.262. The van der Waals surface area contributed by atoms with Gasteiger partial charge < -0.3 is 9.73 Å². The Hall–Kier alpha value is -2.92. The third kappa shape index (κ3) is 4.87. The number of amides is 1. The number of carbonyl (C=O) groups excluding carboxylic acids is 1. The molecule has 0 bridgehead atoms. The van der Waals surface area contributed by atoms with Crippen LogP contribution in [0.2, 0.25) is 0 Å². The van der Waals surface area contributed by atoms with E-state index in [9.17, 15) is 4.79 Å². The van der Waals surface area contributed by atoms with E-state index in [1.165, 1.54) is 44.0 Å². The predicted octanol–water partition coefficient (Wildman–Crippen LogP) is 4.14. The lowest BCUT2D eigenvalue weighted by Crippen LogP contribution is -2.29. The zero-order valence-corrected chi connectivity index (χ0v) is 15.9. The van der Waals surface area contributed by atoms with Crippen molar-refractivity contribution in [1.29, 1.82) is 0 Å². The molecule has 3 aromatic rings. The molecule has 0 aliphatic carbocycles. The zero-order chi connectivity index (χ0) is 19.2. The molecule has 1 N–H and O–H groups in total. The van der Waals surface area contributed by atoms with Crippen LogP contribution in [0.15, 0.2) is 59.0 Å². The van der Waals surface area contributed by atoms with E-state index < -0.39 is 0 Å². The van der Waals surface area contributed by atoms with Crippen molar-refractivity contribution in [1.82, 2.24) is 15.2 Å². The first-order chi connectivity index (χ1) is 13.8. The van der Waals surface area contributed by atoms with Crippen molar-refractivity contribution in [2.45, 2.75) is 32.4 Å². The maximum atomic E-state index is 12.1. The Bertz CT molecular complexity index is 920. The van der Waals surface area contributed by atoms with Crippen molar-refractivity contribution in [3.8, 4) is 0 Å². The molecule has 1 aliphatic rings. The smallest absolute Gasteiger partial charge is 0.244 e. The third-order valence-electron chi connectivity index (χ3n) is 5.03. The Balaban J connectivity index is 1.27. The summed E-state index contributed by atoms with van der Waals surface area (Å²) in [6.45, 7) is 3.91. The molecule has 0 atom stereocenters.